The molecule has 3 nitrogen and oxygen atoms in total. The van der Waals surface area contributed by atoms with E-state index in [9.17, 15) is 9.59 Å². The van der Waals surface area contributed by atoms with Gasteiger partial charge in [-0.25, -0.2) is 0 Å². The van der Waals surface area contributed by atoms with Gasteiger partial charge in [0.25, 0.3) is 0 Å². The Hall–Kier alpha value is -1.12. The van der Waals surface area contributed by atoms with Crippen molar-refractivity contribution in [3.05, 3.63) is 12.7 Å². The largest absolute Gasteiger partial charge is 0.465 e. The lowest BCUT2D eigenvalue weighted by molar-refractivity contribution is -0.150. The molecule has 0 rings (SSSR count). The molecule has 0 aromatic heterocycles. The first-order valence-electron chi connectivity index (χ1n) is 4.93. The van der Waals surface area contributed by atoms with Crippen LogP contribution in [-0.4, -0.2) is 18.4 Å². The minimum atomic E-state index is -0.625. The van der Waals surface area contributed by atoms with Crippen LogP contribution in [0.1, 0.15) is 33.1 Å². The van der Waals surface area contributed by atoms with Crippen LogP contribution < -0.4 is 0 Å². The van der Waals surface area contributed by atoms with E-state index in [-0.39, 0.29) is 5.78 Å². The standard InChI is InChI=1S/C11H18O3/c1-4-6-7-8-10(12)9(3)11(13)14-5-2/h4,9H,1,5-8H2,2-3H3. The van der Waals surface area contributed by atoms with Gasteiger partial charge in [-0.1, -0.05) is 6.08 Å². The van der Waals surface area contributed by atoms with Crippen molar-refractivity contribution in [3.8, 4) is 0 Å². The molecule has 0 aromatic carbocycles. The summed E-state index contributed by atoms with van der Waals surface area (Å²) in [5, 5.41) is 0. The highest BCUT2D eigenvalue weighted by Crippen LogP contribution is 2.07. The number of rotatable bonds is 7. The van der Waals surface area contributed by atoms with E-state index >= 15 is 0 Å². The Kier molecular flexibility index (Phi) is 6.72. The third-order valence-electron chi connectivity index (χ3n) is 1.95. The summed E-state index contributed by atoms with van der Waals surface area (Å²) in [6.45, 7) is 7.21. The molecule has 3 heteroatoms. The van der Waals surface area contributed by atoms with Crippen LogP contribution in [0.3, 0.4) is 0 Å². The van der Waals surface area contributed by atoms with Gasteiger partial charge in [0.05, 0.1) is 6.61 Å². The summed E-state index contributed by atoms with van der Waals surface area (Å²) in [5.41, 5.74) is 0. The van der Waals surface area contributed by atoms with Crippen molar-refractivity contribution in [1.82, 2.24) is 0 Å². The van der Waals surface area contributed by atoms with Crippen molar-refractivity contribution in [3.63, 3.8) is 0 Å². The molecule has 0 heterocycles. The van der Waals surface area contributed by atoms with Crippen LogP contribution in [0.4, 0.5) is 0 Å². The van der Waals surface area contributed by atoms with Gasteiger partial charge in [0.1, 0.15) is 11.7 Å². The molecule has 0 aromatic rings. The van der Waals surface area contributed by atoms with E-state index in [1.807, 2.05) is 0 Å². The SMILES string of the molecule is C=CCCCC(=O)C(C)C(=O)OCC. The van der Waals surface area contributed by atoms with E-state index in [0.29, 0.717) is 13.0 Å². The molecule has 1 unspecified atom stereocenters. The average molecular weight is 198 g/mol. The van der Waals surface area contributed by atoms with E-state index < -0.39 is 11.9 Å². The highest BCUT2D eigenvalue weighted by molar-refractivity contribution is 5.98. The van der Waals surface area contributed by atoms with Crippen LogP contribution in [0.5, 0.6) is 0 Å². The number of carbonyl (C=O) groups excluding carboxylic acids is 2. The molecular weight excluding hydrogens is 180 g/mol. The molecule has 0 fully saturated rings. The highest BCUT2D eigenvalue weighted by Gasteiger charge is 2.21. The first kappa shape index (κ1) is 12.9. The maximum atomic E-state index is 11.4. The van der Waals surface area contributed by atoms with Gasteiger partial charge in [-0.15, -0.1) is 6.58 Å². The van der Waals surface area contributed by atoms with Crippen molar-refractivity contribution < 1.29 is 14.3 Å². The van der Waals surface area contributed by atoms with E-state index in [4.69, 9.17) is 4.74 Å². The summed E-state index contributed by atoms with van der Waals surface area (Å²) in [6, 6.07) is 0. The van der Waals surface area contributed by atoms with E-state index in [2.05, 4.69) is 6.58 Å². The summed E-state index contributed by atoms with van der Waals surface area (Å²) < 4.78 is 4.75. The molecular formula is C11H18O3. The number of Topliss-reactive ketones (excluding diaryl/α,β-unsaturated/α-hetero) is 1. The van der Waals surface area contributed by atoms with Gasteiger partial charge in [0.2, 0.25) is 0 Å². The van der Waals surface area contributed by atoms with Crippen molar-refractivity contribution in [2.24, 2.45) is 5.92 Å². The lowest BCUT2D eigenvalue weighted by atomic mass is 10.0. The molecule has 0 saturated heterocycles. The fourth-order valence-electron chi connectivity index (χ4n) is 1.04. The fraction of sp³-hybridized carbons (Fsp3) is 0.636. The quantitative estimate of drug-likeness (QED) is 0.272. The van der Waals surface area contributed by atoms with Gasteiger partial charge >= 0.3 is 5.97 Å². The van der Waals surface area contributed by atoms with Crippen LogP contribution in [0, 0.1) is 5.92 Å². The summed E-state index contributed by atoms with van der Waals surface area (Å²) in [7, 11) is 0. The fourth-order valence-corrected chi connectivity index (χ4v) is 1.04. The Labute approximate surface area is 85.1 Å². The van der Waals surface area contributed by atoms with Gasteiger partial charge in [-0.2, -0.15) is 0 Å². The third kappa shape index (κ3) is 4.80. The Morgan fingerprint density at radius 3 is 2.64 bits per heavy atom. The first-order chi connectivity index (χ1) is 6.63. The second-order valence-electron chi connectivity index (χ2n) is 3.12. The molecule has 0 aliphatic carbocycles. The summed E-state index contributed by atoms with van der Waals surface area (Å²) in [4.78, 5) is 22.6. The van der Waals surface area contributed by atoms with Crippen molar-refractivity contribution in [2.45, 2.75) is 33.1 Å². The van der Waals surface area contributed by atoms with Crippen molar-refractivity contribution >= 4 is 11.8 Å². The van der Waals surface area contributed by atoms with Gasteiger partial charge in [0.15, 0.2) is 0 Å². The van der Waals surface area contributed by atoms with Crippen molar-refractivity contribution in [2.75, 3.05) is 6.61 Å². The number of carbonyl (C=O) groups is 2. The van der Waals surface area contributed by atoms with Gasteiger partial charge in [-0.3, -0.25) is 9.59 Å². The Bertz CT molecular complexity index is 209. The zero-order valence-corrected chi connectivity index (χ0v) is 8.91. The monoisotopic (exact) mass is 198 g/mol. The van der Waals surface area contributed by atoms with Crippen LogP contribution in [0.15, 0.2) is 12.7 Å². The number of unbranched alkanes of at least 4 members (excludes halogenated alkanes) is 1. The van der Waals surface area contributed by atoms with Crippen LogP contribution in [0.2, 0.25) is 0 Å². The summed E-state index contributed by atoms with van der Waals surface area (Å²) >= 11 is 0. The summed E-state index contributed by atoms with van der Waals surface area (Å²) in [5.74, 6) is -1.10. The second kappa shape index (κ2) is 7.30. The number of hydrogen-bond acceptors (Lipinski definition) is 3. The lowest BCUT2D eigenvalue weighted by Crippen LogP contribution is -2.23. The topological polar surface area (TPSA) is 43.4 Å². The van der Waals surface area contributed by atoms with Crippen LogP contribution >= 0.6 is 0 Å². The molecule has 0 amide bonds. The Morgan fingerprint density at radius 1 is 1.50 bits per heavy atom. The smallest absolute Gasteiger partial charge is 0.316 e. The number of ether oxygens (including phenoxy) is 1. The normalized spacial score (nSPS) is 11.9. The van der Waals surface area contributed by atoms with Gasteiger partial charge in [-0.05, 0) is 26.7 Å². The van der Waals surface area contributed by atoms with E-state index in [1.54, 1.807) is 19.9 Å². The second-order valence-corrected chi connectivity index (χ2v) is 3.12. The molecule has 80 valence electrons. The molecule has 14 heavy (non-hydrogen) atoms. The van der Waals surface area contributed by atoms with Gasteiger partial charge in [0, 0.05) is 6.42 Å². The molecule has 0 spiro atoms. The highest BCUT2D eigenvalue weighted by atomic mass is 16.5. The molecule has 0 saturated carbocycles. The molecule has 0 radical (unpaired) electrons. The zero-order chi connectivity index (χ0) is 11.0. The average Bonchev–Trinajstić information content (AvgIpc) is 2.17. The lowest BCUT2D eigenvalue weighted by Gasteiger charge is -2.08. The van der Waals surface area contributed by atoms with E-state index in [0.717, 1.165) is 12.8 Å². The number of allylic oxidation sites excluding steroid dienone is 1. The Morgan fingerprint density at radius 2 is 2.14 bits per heavy atom. The molecule has 0 aliphatic rings. The van der Waals surface area contributed by atoms with Crippen molar-refractivity contribution in [1.29, 1.82) is 0 Å². The number of esters is 1. The summed E-state index contributed by atoms with van der Waals surface area (Å²) in [6.07, 6.45) is 3.75. The maximum absolute atomic E-state index is 11.4. The molecule has 0 bridgehead atoms. The molecule has 0 N–H and O–H groups in total. The minimum absolute atomic E-state index is 0.0506. The molecule has 0 aliphatic heterocycles. The first-order valence-corrected chi connectivity index (χ1v) is 4.93. The van der Waals surface area contributed by atoms with E-state index in [1.165, 1.54) is 0 Å². The predicted molar refractivity (Wildman–Crippen MR) is 54.9 cm³/mol. The predicted octanol–water partition coefficient (Wildman–Crippen LogP) is 2.11. The molecule has 1 atom stereocenters. The maximum Gasteiger partial charge on any atom is 0.316 e. The Balaban J connectivity index is 3.86. The number of ketones is 1. The minimum Gasteiger partial charge on any atom is -0.465 e. The zero-order valence-electron chi connectivity index (χ0n) is 8.91. The van der Waals surface area contributed by atoms with Gasteiger partial charge < -0.3 is 4.74 Å². The van der Waals surface area contributed by atoms with Crippen LogP contribution in [0.25, 0.3) is 0 Å². The number of hydrogen-bond donors (Lipinski definition) is 0. The van der Waals surface area contributed by atoms with Crippen LogP contribution in [-0.2, 0) is 14.3 Å². The third-order valence-corrected chi connectivity index (χ3v) is 1.95.